The molecule has 0 N–H and O–H groups in total. The molecular weight excluding hydrogens is 817 g/mol. The number of carbonyl (C=O) groups excluding carboxylic acids is 4. The lowest BCUT2D eigenvalue weighted by atomic mass is 9.93. The molecule has 7 nitrogen and oxygen atoms in total. The lowest BCUT2D eigenvalue weighted by Gasteiger charge is -2.13. The van der Waals surface area contributed by atoms with Crippen molar-refractivity contribution in [1.82, 2.24) is 4.98 Å². The average Bonchev–Trinajstić information content (AvgIpc) is 3.26. The molecule has 0 fully saturated rings. The number of Topliss-reactive ketones (excluding diaryl/α,β-unsaturated/α-hetero) is 3. The van der Waals surface area contributed by atoms with Crippen LogP contribution in [0.15, 0.2) is 90.0 Å². The Morgan fingerprint density at radius 3 is 1.86 bits per heavy atom. The highest BCUT2D eigenvalue weighted by Gasteiger charge is 2.15. The van der Waals surface area contributed by atoms with Crippen molar-refractivity contribution >= 4 is 34.6 Å². The highest BCUT2D eigenvalue weighted by atomic mass is 16.5. The third-order valence-corrected chi connectivity index (χ3v) is 10.7. The topological polar surface area (TPSA) is 103 Å². The predicted octanol–water partition coefficient (Wildman–Crippen LogP) is 15.8. The second-order valence-corrected chi connectivity index (χ2v) is 17.5. The molecule has 2 rings (SSSR count). The van der Waals surface area contributed by atoms with E-state index >= 15 is 0 Å². The van der Waals surface area contributed by atoms with Gasteiger partial charge in [0, 0.05) is 72.8 Å². The summed E-state index contributed by atoms with van der Waals surface area (Å²) in [6, 6.07) is 7.28. The molecule has 1 heterocycles. The molecule has 0 saturated carbocycles. The lowest BCUT2D eigenvalue weighted by Crippen LogP contribution is -2.12. The van der Waals surface area contributed by atoms with Crippen LogP contribution in [-0.2, 0) is 20.7 Å². The van der Waals surface area contributed by atoms with Crippen LogP contribution < -0.4 is 0 Å². The van der Waals surface area contributed by atoms with Crippen molar-refractivity contribution in [3.05, 3.63) is 124 Å². The molecule has 0 aliphatic rings. The molecule has 0 aliphatic carbocycles. The van der Waals surface area contributed by atoms with Gasteiger partial charge in [-0.2, -0.15) is 0 Å². The Bertz CT molecular complexity index is 1930. The van der Waals surface area contributed by atoms with Crippen molar-refractivity contribution in [2.45, 2.75) is 175 Å². The summed E-state index contributed by atoms with van der Waals surface area (Å²) in [6.07, 6.45) is 18.2. The number of aliphatic imine (C=N–C) groups is 1. The fraction of sp³-hybridized carbons (Fsp3) is 0.542. The van der Waals surface area contributed by atoms with E-state index in [0.717, 1.165) is 96.2 Å². The first-order valence-electron chi connectivity index (χ1n) is 24.3. The van der Waals surface area contributed by atoms with Gasteiger partial charge < -0.3 is 9.53 Å². The number of rotatable bonds is 23. The van der Waals surface area contributed by atoms with E-state index in [1.54, 1.807) is 19.1 Å². The molecule has 0 bridgehead atoms. The molecule has 1 aromatic carbocycles. The van der Waals surface area contributed by atoms with Crippen LogP contribution in [0.3, 0.4) is 0 Å². The Morgan fingerprint density at radius 1 is 0.864 bits per heavy atom. The largest absolute Gasteiger partial charge is 0.381 e. The fourth-order valence-corrected chi connectivity index (χ4v) is 6.66. The maximum Gasteiger partial charge on any atom is 0.160 e. The zero-order valence-electron chi connectivity index (χ0n) is 44.9. The summed E-state index contributed by atoms with van der Waals surface area (Å²) in [5.74, 6) is 3.94. The molecular formula is C59H92N2O5. The summed E-state index contributed by atoms with van der Waals surface area (Å²) in [5.41, 5.74) is 10.6. The number of nitrogens with zero attached hydrogens (tertiary/aromatic N) is 2. The number of aryl methyl sites for hydroxylation is 3. The van der Waals surface area contributed by atoms with Gasteiger partial charge in [-0.25, -0.2) is 4.79 Å². The van der Waals surface area contributed by atoms with Gasteiger partial charge in [0.1, 0.15) is 11.7 Å². The maximum atomic E-state index is 11.7. The van der Waals surface area contributed by atoms with Crippen molar-refractivity contribution < 1.29 is 23.9 Å². The Hall–Kier alpha value is -4.84. The van der Waals surface area contributed by atoms with Crippen LogP contribution in [0.5, 0.6) is 0 Å². The van der Waals surface area contributed by atoms with Gasteiger partial charge in [0.25, 0.3) is 0 Å². The fourth-order valence-electron chi connectivity index (χ4n) is 6.66. The Balaban J connectivity index is -0.000000878. The van der Waals surface area contributed by atoms with Crippen molar-refractivity contribution in [2.24, 2.45) is 22.7 Å². The summed E-state index contributed by atoms with van der Waals surface area (Å²) < 4.78 is 5.13. The van der Waals surface area contributed by atoms with E-state index in [-0.39, 0.29) is 23.3 Å². The standard InChI is InChI=1S/C26H34N2O.C11H12O2.C9H16O.C7H16.C6H14O/c1-9-22(10-2)26(27-8)19(5)14-12-13-18(4)15-23(17-29)25-16-20(6)28-21(7)24(25)11-3;1-7-5-4-6-10(8(2)12)11(7)9(3)13;1-7(2)8(3)5-6-9(4)10;1-4-5-6-7(2)3;1-3-5-7-6-4-2/h9,12-14,16,22H,1,4,10-11,15H2,2-3,5-8H3;4-6H,1-3H3;8H,1,5-6H2,2-4H3;7H,4-6H2,1-3H3;3-6H2,1-2H3/b13-12-,19-14+,27-26?;;;;. The second-order valence-electron chi connectivity index (χ2n) is 17.5. The number of allylic oxidation sites excluding steroid dienone is 8. The van der Waals surface area contributed by atoms with E-state index in [4.69, 9.17) is 4.74 Å². The van der Waals surface area contributed by atoms with Gasteiger partial charge in [0.05, 0.1) is 0 Å². The average molecular weight is 909 g/mol. The van der Waals surface area contributed by atoms with Crippen LogP contribution in [0.4, 0.5) is 0 Å². The minimum atomic E-state index is -0.0612. The number of ketones is 3. The number of benzene rings is 1. The van der Waals surface area contributed by atoms with E-state index in [1.165, 1.54) is 38.7 Å². The molecule has 0 aliphatic heterocycles. The molecule has 0 radical (unpaired) electrons. The smallest absolute Gasteiger partial charge is 0.160 e. The van der Waals surface area contributed by atoms with Crippen molar-refractivity contribution in [3.63, 3.8) is 0 Å². The summed E-state index contributed by atoms with van der Waals surface area (Å²) in [4.78, 5) is 53.6. The number of unbranched alkanes of at least 4 members (excludes halogenated alkanes) is 1. The number of hydrogen-bond acceptors (Lipinski definition) is 7. The van der Waals surface area contributed by atoms with E-state index in [9.17, 15) is 19.2 Å². The van der Waals surface area contributed by atoms with Gasteiger partial charge in [-0.05, 0) is 128 Å². The first-order valence-corrected chi connectivity index (χ1v) is 24.3. The summed E-state index contributed by atoms with van der Waals surface area (Å²) in [6.45, 7) is 45.4. The maximum absolute atomic E-state index is 11.7. The van der Waals surface area contributed by atoms with Gasteiger partial charge in [0.2, 0.25) is 0 Å². The van der Waals surface area contributed by atoms with Crippen LogP contribution in [0.25, 0.3) is 5.57 Å². The lowest BCUT2D eigenvalue weighted by molar-refractivity contribution is -0.117. The minimum absolute atomic E-state index is 0.0525. The van der Waals surface area contributed by atoms with Crippen LogP contribution in [0.2, 0.25) is 0 Å². The molecule has 368 valence electrons. The Morgan fingerprint density at radius 2 is 1.47 bits per heavy atom. The molecule has 2 aromatic rings. The monoisotopic (exact) mass is 909 g/mol. The number of carbonyl (C=O) groups is 3. The van der Waals surface area contributed by atoms with Gasteiger partial charge in [0.15, 0.2) is 11.6 Å². The van der Waals surface area contributed by atoms with E-state index in [2.05, 4.69) is 91.0 Å². The van der Waals surface area contributed by atoms with E-state index < -0.39 is 0 Å². The SMILES string of the molecule is C=C(C)C(C)CCC(C)=O.C=CC(CC)C(=NC)/C(C)=C/C=C\C(=C)CC(=C=O)c1cc(C)nc(C)c1CC.CC(=O)c1cccc(C)c1C(C)=O.CCCCC(C)C.CCCOCCC. The summed E-state index contributed by atoms with van der Waals surface area (Å²) in [5, 5.41) is 0. The number of hydrogen-bond donors (Lipinski definition) is 0. The number of pyridine rings is 1. The van der Waals surface area contributed by atoms with Crippen LogP contribution in [0, 0.1) is 38.5 Å². The normalized spacial score (nSPS) is 11.8. The van der Waals surface area contributed by atoms with Crippen LogP contribution in [0.1, 0.15) is 197 Å². The van der Waals surface area contributed by atoms with Gasteiger partial charge in [-0.1, -0.05) is 141 Å². The Labute approximate surface area is 404 Å². The van der Waals surface area contributed by atoms with Gasteiger partial charge >= 0.3 is 0 Å². The zero-order valence-corrected chi connectivity index (χ0v) is 44.9. The highest BCUT2D eigenvalue weighted by Crippen LogP contribution is 2.26. The van der Waals surface area contributed by atoms with Gasteiger partial charge in [-0.15, -0.1) is 6.58 Å². The highest BCUT2D eigenvalue weighted by molar-refractivity contribution is 6.08. The predicted molar refractivity (Wildman–Crippen MR) is 287 cm³/mol. The molecule has 0 amide bonds. The molecule has 1 aromatic heterocycles. The summed E-state index contributed by atoms with van der Waals surface area (Å²) >= 11 is 0. The van der Waals surface area contributed by atoms with E-state index in [0.29, 0.717) is 35.5 Å². The third-order valence-electron chi connectivity index (χ3n) is 10.7. The van der Waals surface area contributed by atoms with Crippen molar-refractivity contribution in [2.75, 3.05) is 20.3 Å². The van der Waals surface area contributed by atoms with Crippen molar-refractivity contribution in [1.29, 1.82) is 0 Å². The molecule has 2 atom stereocenters. The molecule has 0 spiro atoms. The number of aromatic nitrogens is 1. The van der Waals surface area contributed by atoms with Crippen LogP contribution >= 0.6 is 0 Å². The van der Waals surface area contributed by atoms with E-state index in [1.807, 2.05) is 78.1 Å². The molecule has 0 saturated heterocycles. The minimum Gasteiger partial charge on any atom is -0.381 e. The first-order chi connectivity index (χ1) is 31.1. The van der Waals surface area contributed by atoms with Gasteiger partial charge in [-0.3, -0.25) is 19.6 Å². The molecule has 2 unspecified atom stereocenters. The third kappa shape index (κ3) is 29.6. The van der Waals surface area contributed by atoms with Crippen LogP contribution in [-0.4, -0.2) is 54.2 Å². The number of ether oxygens (including phenoxy) is 1. The first kappa shape index (κ1) is 65.4. The second kappa shape index (κ2) is 39.3. The summed E-state index contributed by atoms with van der Waals surface area (Å²) in [7, 11) is 1.81. The molecule has 7 heteroatoms. The van der Waals surface area contributed by atoms with Crippen molar-refractivity contribution in [3.8, 4) is 0 Å². The molecule has 66 heavy (non-hydrogen) atoms. The quantitative estimate of drug-likeness (QED) is 0.0275. The zero-order chi connectivity index (χ0) is 51.4. The Kier molecular flexibility index (Phi) is 39.0.